The molecule has 0 aliphatic carbocycles. The van der Waals surface area contributed by atoms with Crippen molar-refractivity contribution >= 4 is 15.9 Å². The Bertz CT molecular complexity index is 411. The molecule has 1 fully saturated rings. The van der Waals surface area contributed by atoms with Crippen LogP contribution in [-0.2, 0) is 6.54 Å². The van der Waals surface area contributed by atoms with Gasteiger partial charge in [0.05, 0.1) is 4.47 Å². The van der Waals surface area contributed by atoms with Gasteiger partial charge in [-0.15, -0.1) is 0 Å². The normalized spacial score (nSPS) is 22.3. The topological polar surface area (TPSA) is 6.48 Å². The van der Waals surface area contributed by atoms with Crippen molar-refractivity contribution in [1.82, 2.24) is 9.80 Å². The fourth-order valence-electron chi connectivity index (χ4n) is 2.51. The third-order valence-electron chi connectivity index (χ3n) is 3.76. The number of hydrogen-bond donors (Lipinski definition) is 0. The highest BCUT2D eigenvalue weighted by Gasteiger charge is 2.23. The minimum atomic E-state index is -0.173. The number of nitrogens with zero attached hydrogens (tertiary/aromatic N) is 2. The van der Waals surface area contributed by atoms with Crippen LogP contribution < -0.4 is 0 Å². The quantitative estimate of drug-likeness (QED) is 0.846. The molecule has 0 amide bonds. The first-order chi connectivity index (χ1) is 8.61. The molecule has 0 radical (unpaired) electrons. The average molecular weight is 315 g/mol. The summed E-state index contributed by atoms with van der Waals surface area (Å²) in [5.41, 5.74) is 1.04. The van der Waals surface area contributed by atoms with E-state index in [0.29, 0.717) is 10.5 Å². The van der Waals surface area contributed by atoms with Gasteiger partial charge in [0.15, 0.2) is 0 Å². The maximum absolute atomic E-state index is 13.5. The molecule has 1 saturated heterocycles. The van der Waals surface area contributed by atoms with Gasteiger partial charge in [-0.25, -0.2) is 4.39 Å². The van der Waals surface area contributed by atoms with Crippen LogP contribution in [0.4, 0.5) is 4.39 Å². The fourth-order valence-corrected chi connectivity index (χ4v) is 2.90. The second-order valence-electron chi connectivity index (χ2n) is 4.99. The van der Waals surface area contributed by atoms with E-state index in [0.717, 1.165) is 38.2 Å². The van der Waals surface area contributed by atoms with E-state index in [-0.39, 0.29) is 5.82 Å². The monoisotopic (exact) mass is 314 g/mol. The zero-order valence-corrected chi connectivity index (χ0v) is 12.6. The summed E-state index contributed by atoms with van der Waals surface area (Å²) in [6.45, 7) is 6.25. The smallest absolute Gasteiger partial charge is 0.137 e. The first kappa shape index (κ1) is 14.0. The second kappa shape index (κ2) is 6.13. The molecule has 2 rings (SSSR count). The van der Waals surface area contributed by atoms with Crippen LogP contribution in [-0.4, -0.2) is 42.5 Å². The average Bonchev–Trinajstić information content (AvgIpc) is 2.37. The second-order valence-corrected chi connectivity index (χ2v) is 5.78. The molecular weight excluding hydrogens is 295 g/mol. The van der Waals surface area contributed by atoms with Crippen LogP contribution in [0.15, 0.2) is 22.7 Å². The molecule has 1 aromatic carbocycles. The Morgan fingerprint density at radius 1 is 1.39 bits per heavy atom. The van der Waals surface area contributed by atoms with Gasteiger partial charge in [0.2, 0.25) is 0 Å². The Morgan fingerprint density at radius 2 is 2.17 bits per heavy atom. The lowest BCUT2D eigenvalue weighted by atomic mass is 10.1. The van der Waals surface area contributed by atoms with Crippen molar-refractivity contribution < 1.29 is 4.39 Å². The van der Waals surface area contributed by atoms with Gasteiger partial charge in [-0.2, -0.15) is 0 Å². The third kappa shape index (κ3) is 3.11. The van der Waals surface area contributed by atoms with Crippen molar-refractivity contribution in [3.8, 4) is 0 Å². The summed E-state index contributed by atoms with van der Waals surface area (Å²) < 4.78 is 14.1. The molecule has 4 heteroatoms. The Morgan fingerprint density at radius 3 is 2.89 bits per heavy atom. The molecule has 0 saturated carbocycles. The first-order valence-corrected chi connectivity index (χ1v) is 7.26. The summed E-state index contributed by atoms with van der Waals surface area (Å²) in [6.07, 6.45) is 1.16. The summed E-state index contributed by atoms with van der Waals surface area (Å²) in [5, 5.41) is 0. The largest absolute Gasteiger partial charge is 0.301 e. The number of halogens is 2. The highest BCUT2D eigenvalue weighted by molar-refractivity contribution is 9.10. The van der Waals surface area contributed by atoms with Gasteiger partial charge >= 0.3 is 0 Å². The molecule has 18 heavy (non-hydrogen) atoms. The van der Waals surface area contributed by atoms with E-state index in [2.05, 4.69) is 39.7 Å². The number of rotatable bonds is 3. The van der Waals surface area contributed by atoms with Crippen molar-refractivity contribution in [3.05, 3.63) is 34.1 Å². The summed E-state index contributed by atoms with van der Waals surface area (Å²) >= 11 is 3.34. The van der Waals surface area contributed by atoms with Crippen molar-refractivity contribution in [3.63, 3.8) is 0 Å². The molecule has 0 aromatic heterocycles. The molecule has 0 spiro atoms. The van der Waals surface area contributed by atoms with Crippen molar-refractivity contribution in [2.75, 3.05) is 26.7 Å². The van der Waals surface area contributed by atoms with E-state index >= 15 is 0 Å². The molecule has 1 heterocycles. The van der Waals surface area contributed by atoms with Gasteiger partial charge < -0.3 is 4.90 Å². The van der Waals surface area contributed by atoms with Crippen LogP contribution in [0.1, 0.15) is 18.9 Å². The summed E-state index contributed by atoms with van der Waals surface area (Å²) in [6, 6.07) is 5.88. The highest BCUT2D eigenvalue weighted by Crippen LogP contribution is 2.23. The Kier molecular flexibility index (Phi) is 4.76. The fraction of sp³-hybridized carbons (Fsp3) is 0.571. The van der Waals surface area contributed by atoms with Gasteiger partial charge in [0.25, 0.3) is 0 Å². The van der Waals surface area contributed by atoms with E-state index in [1.165, 1.54) is 6.07 Å². The molecule has 1 atom stereocenters. The summed E-state index contributed by atoms with van der Waals surface area (Å²) in [7, 11) is 2.18. The minimum Gasteiger partial charge on any atom is -0.301 e. The highest BCUT2D eigenvalue weighted by atomic mass is 79.9. The standard InChI is InChI=1S/C14H20BrFN2/c1-3-12-10-18(8-7-17(12)2)9-11-5-4-6-13(16)14(11)15/h4-6,12H,3,7-10H2,1-2H3. The van der Waals surface area contributed by atoms with Crippen molar-refractivity contribution in [2.45, 2.75) is 25.9 Å². The van der Waals surface area contributed by atoms with E-state index in [4.69, 9.17) is 0 Å². The lowest BCUT2D eigenvalue weighted by molar-refractivity contribution is 0.0881. The number of hydrogen-bond acceptors (Lipinski definition) is 2. The van der Waals surface area contributed by atoms with E-state index in [9.17, 15) is 4.39 Å². The van der Waals surface area contributed by atoms with E-state index < -0.39 is 0 Å². The molecule has 1 aromatic rings. The number of piperazine rings is 1. The molecule has 0 bridgehead atoms. The van der Waals surface area contributed by atoms with E-state index in [1.54, 1.807) is 6.07 Å². The molecule has 2 nitrogen and oxygen atoms in total. The van der Waals surface area contributed by atoms with Crippen LogP contribution in [0.3, 0.4) is 0 Å². The summed E-state index contributed by atoms with van der Waals surface area (Å²) in [4.78, 5) is 4.82. The SMILES string of the molecule is CCC1CN(Cc2cccc(F)c2Br)CCN1C. The zero-order valence-electron chi connectivity index (χ0n) is 11.0. The maximum atomic E-state index is 13.5. The third-order valence-corrected chi connectivity index (χ3v) is 4.65. The Balaban J connectivity index is 2.03. The van der Waals surface area contributed by atoms with Crippen LogP contribution in [0, 0.1) is 5.82 Å². The molecule has 1 aliphatic rings. The van der Waals surface area contributed by atoms with E-state index in [1.807, 2.05) is 6.07 Å². The van der Waals surface area contributed by atoms with Gasteiger partial charge in [-0.05, 0) is 41.0 Å². The van der Waals surface area contributed by atoms with Crippen LogP contribution in [0.5, 0.6) is 0 Å². The minimum absolute atomic E-state index is 0.173. The molecule has 1 aliphatic heterocycles. The van der Waals surface area contributed by atoms with Crippen LogP contribution in [0.2, 0.25) is 0 Å². The summed E-state index contributed by atoms with van der Waals surface area (Å²) in [5.74, 6) is -0.173. The zero-order chi connectivity index (χ0) is 13.1. The molecular formula is C14H20BrFN2. The van der Waals surface area contributed by atoms with Crippen molar-refractivity contribution in [1.29, 1.82) is 0 Å². The van der Waals surface area contributed by atoms with Gasteiger partial charge in [-0.1, -0.05) is 19.1 Å². The molecule has 1 unspecified atom stereocenters. The lowest BCUT2D eigenvalue weighted by Crippen LogP contribution is -2.50. The van der Waals surface area contributed by atoms with Gasteiger partial charge in [0, 0.05) is 32.2 Å². The van der Waals surface area contributed by atoms with Crippen LogP contribution >= 0.6 is 15.9 Å². The van der Waals surface area contributed by atoms with Crippen LogP contribution in [0.25, 0.3) is 0 Å². The Labute approximate surface area is 117 Å². The molecule has 100 valence electrons. The van der Waals surface area contributed by atoms with Gasteiger partial charge in [-0.3, -0.25) is 4.90 Å². The Hall–Kier alpha value is -0.450. The first-order valence-electron chi connectivity index (χ1n) is 6.47. The number of likely N-dealkylation sites (N-methyl/N-ethyl adjacent to an activating group) is 1. The predicted molar refractivity (Wildman–Crippen MR) is 76.1 cm³/mol. The van der Waals surface area contributed by atoms with Gasteiger partial charge in [0.1, 0.15) is 5.82 Å². The predicted octanol–water partition coefficient (Wildman–Crippen LogP) is 3.11. The van der Waals surface area contributed by atoms with Crippen molar-refractivity contribution in [2.24, 2.45) is 0 Å². The lowest BCUT2D eigenvalue weighted by Gasteiger charge is -2.39. The molecule has 0 N–H and O–H groups in total. The number of benzene rings is 1. The maximum Gasteiger partial charge on any atom is 0.137 e.